The van der Waals surface area contributed by atoms with Gasteiger partial charge in [0.25, 0.3) is 0 Å². The fraction of sp³-hybridized carbons (Fsp3) is 0.250. The van der Waals surface area contributed by atoms with Gasteiger partial charge in [-0.2, -0.15) is 0 Å². The molecule has 17 heavy (non-hydrogen) atoms. The summed E-state index contributed by atoms with van der Waals surface area (Å²) in [4.78, 5) is -0.119. The lowest BCUT2D eigenvalue weighted by atomic mass is 10.3. The maximum Gasteiger partial charge on any atom is 0.418 e. The molecule has 96 valence electrons. The van der Waals surface area contributed by atoms with Crippen LogP contribution in [0.1, 0.15) is 0 Å². The Bertz CT molecular complexity index is 537. The summed E-state index contributed by atoms with van der Waals surface area (Å²) < 4.78 is 46.1. The van der Waals surface area contributed by atoms with E-state index in [-0.39, 0.29) is 10.6 Å². The third-order valence-electron chi connectivity index (χ3n) is 1.88. The van der Waals surface area contributed by atoms with Crippen LogP contribution < -0.4 is 10.2 Å². The number of nitrogens with two attached hydrogens (primary N) is 1. The van der Waals surface area contributed by atoms with E-state index in [2.05, 4.69) is 9.05 Å². The highest BCUT2D eigenvalue weighted by atomic mass is 32.2. The van der Waals surface area contributed by atoms with E-state index < -0.39 is 17.8 Å². The van der Waals surface area contributed by atoms with Crippen molar-refractivity contribution in [1.82, 2.24) is 4.49 Å². The number of hydrogen-bond donors (Lipinski definition) is 2. The molecular formula is C8H13N2O5PS. The summed E-state index contributed by atoms with van der Waals surface area (Å²) in [7, 11) is -5.72. The van der Waals surface area contributed by atoms with Gasteiger partial charge in [-0.1, -0.05) is 6.07 Å². The molecule has 0 unspecified atom stereocenters. The highest BCUT2D eigenvalue weighted by molar-refractivity contribution is 7.94. The summed E-state index contributed by atoms with van der Waals surface area (Å²) in [6, 6.07) is 5.55. The molecule has 0 amide bonds. The lowest BCUT2D eigenvalue weighted by molar-refractivity contribution is 0.272. The second-order valence-corrected chi connectivity index (χ2v) is 6.96. The van der Waals surface area contributed by atoms with Crippen LogP contribution in [0, 0.1) is 0 Å². The summed E-state index contributed by atoms with van der Waals surface area (Å²) in [5, 5.41) is 0. The van der Waals surface area contributed by atoms with E-state index in [0.717, 1.165) is 14.2 Å². The van der Waals surface area contributed by atoms with Gasteiger partial charge in [-0.15, -0.1) is 4.49 Å². The standard InChI is InChI=1S/C8H13N2O5PS/c1-14-16(11,15-2)10-17(12,13)8-5-3-4-7(9)6-8/h3-6H,9H2,1-2H3,(H,10,11). The molecule has 0 aliphatic heterocycles. The normalized spacial score (nSPS) is 12.6. The molecule has 0 aliphatic carbocycles. The van der Waals surface area contributed by atoms with Crippen LogP contribution >= 0.6 is 7.75 Å². The minimum atomic E-state index is -4.01. The van der Waals surface area contributed by atoms with E-state index in [0.29, 0.717) is 0 Å². The van der Waals surface area contributed by atoms with Gasteiger partial charge in [0.15, 0.2) is 0 Å². The number of sulfonamides is 1. The van der Waals surface area contributed by atoms with Crippen LogP contribution in [-0.4, -0.2) is 22.6 Å². The number of rotatable bonds is 5. The van der Waals surface area contributed by atoms with Gasteiger partial charge < -0.3 is 5.73 Å². The molecule has 7 nitrogen and oxygen atoms in total. The molecule has 0 radical (unpaired) electrons. The fourth-order valence-electron chi connectivity index (χ4n) is 1.03. The maximum atomic E-state index is 11.8. The second-order valence-electron chi connectivity index (χ2n) is 3.03. The van der Waals surface area contributed by atoms with Crippen molar-refractivity contribution in [1.29, 1.82) is 0 Å². The smallest absolute Gasteiger partial charge is 0.399 e. The number of anilines is 1. The Morgan fingerprint density at radius 1 is 1.29 bits per heavy atom. The Balaban J connectivity index is 3.09. The Kier molecular flexibility index (Phi) is 4.29. The average Bonchev–Trinajstić information content (AvgIpc) is 2.28. The molecule has 1 rings (SSSR count). The van der Waals surface area contributed by atoms with Crippen LogP contribution in [0.4, 0.5) is 5.69 Å². The van der Waals surface area contributed by atoms with E-state index in [9.17, 15) is 13.0 Å². The molecule has 9 heteroatoms. The zero-order valence-electron chi connectivity index (χ0n) is 9.28. The quantitative estimate of drug-likeness (QED) is 0.614. The minimum absolute atomic E-state index is 0.119. The van der Waals surface area contributed by atoms with E-state index >= 15 is 0 Å². The molecular weight excluding hydrogens is 267 g/mol. The fourth-order valence-corrected chi connectivity index (χ4v) is 3.92. The third kappa shape index (κ3) is 3.52. The predicted octanol–water partition coefficient (Wildman–Crippen LogP) is 0.948. The molecule has 1 aromatic rings. The van der Waals surface area contributed by atoms with Gasteiger partial charge in [0.05, 0.1) is 4.90 Å². The van der Waals surface area contributed by atoms with E-state index in [1.54, 1.807) is 0 Å². The SMILES string of the molecule is COP(=O)(NS(=O)(=O)c1cccc(N)c1)OC. The Labute approximate surface area is 99.6 Å². The molecule has 0 fully saturated rings. The molecule has 0 heterocycles. The highest BCUT2D eigenvalue weighted by Crippen LogP contribution is 2.43. The minimum Gasteiger partial charge on any atom is -0.399 e. The van der Waals surface area contributed by atoms with Gasteiger partial charge in [-0.3, -0.25) is 9.05 Å². The Hall–Kier alpha value is -0.920. The molecule has 3 N–H and O–H groups in total. The van der Waals surface area contributed by atoms with Crippen LogP contribution in [0.15, 0.2) is 29.2 Å². The molecule has 0 bridgehead atoms. The first-order valence-electron chi connectivity index (χ1n) is 4.44. The van der Waals surface area contributed by atoms with E-state index in [1.165, 1.54) is 24.3 Å². The Morgan fingerprint density at radius 2 is 1.88 bits per heavy atom. The van der Waals surface area contributed by atoms with Crippen LogP contribution in [0.2, 0.25) is 0 Å². The van der Waals surface area contributed by atoms with Crippen LogP contribution in [0.3, 0.4) is 0 Å². The number of hydrogen-bond acceptors (Lipinski definition) is 6. The predicted molar refractivity (Wildman–Crippen MR) is 62.8 cm³/mol. The van der Waals surface area contributed by atoms with Crippen molar-refractivity contribution in [2.45, 2.75) is 4.90 Å². The third-order valence-corrected chi connectivity index (χ3v) is 5.57. The van der Waals surface area contributed by atoms with Crippen LogP contribution in [0.25, 0.3) is 0 Å². The topological polar surface area (TPSA) is 108 Å². The zero-order valence-corrected chi connectivity index (χ0v) is 11.0. The number of nitrogen functional groups attached to an aromatic ring is 1. The first kappa shape index (κ1) is 14.1. The lowest BCUT2D eigenvalue weighted by Crippen LogP contribution is -2.22. The maximum absolute atomic E-state index is 11.8. The van der Waals surface area contributed by atoms with Crippen molar-refractivity contribution in [2.75, 3.05) is 20.0 Å². The summed E-state index contributed by atoms with van der Waals surface area (Å²) in [6.45, 7) is 0. The average molecular weight is 280 g/mol. The second kappa shape index (κ2) is 5.16. The van der Waals surface area contributed by atoms with Crippen LogP contribution in [0.5, 0.6) is 0 Å². The van der Waals surface area contributed by atoms with Crippen molar-refractivity contribution in [3.05, 3.63) is 24.3 Å². The van der Waals surface area contributed by atoms with E-state index in [4.69, 9.17) is 5.73 Å². The van der Waals surface area contributed by atoms with Gasteiger partial charge in [0, 0.05) is 19.9 Å². The Morgan fingerprint density at radius 3 is 2.35 bits per heavy atom. The van der Waals surface area contributed by atoms with Crippen molar-refractivity contribution in [2.24, 2.45) is 0 Å². The van der Waals surface area contributed by atoms with Gasteiger partial charge in [0.1, 0.15) is 0 Å². The highest BCUT2D eigenvalue weighted by Gasteiger charge is 2.29. The molecule has 0 saturated heterocycles. The van der Waals surface area contributed by atoms with Crippen LogP contribution in [-0.2, 0) is 23.6 Å². The van der Waals surface area contributed by atoms with Gasteiger partial charge >= 0.3 is 7.75 Å². The first-order valence-corrected chi connectivity index (χ1v) is 7.47. The van der Waals surface area contributed by atoms with Gasteiger partial charge in [-0.05, 0) is 18.2 Å². The molecule has 0 aliphatic rings. The summed E-state index contributed by atoms with van der Waals surface area (Å²) in [5.41, 5.74) is 5.74. The lowest BCUT2D eigenvalue weighted by Gasteiger charge is -2.14. The molecule has 1 aromatic carbocycles. The van der Waals surface area contributed by atoms with Gasteiger partial charge in [-0.25, -0.2) is 13.0 Å². The zero-order chi connectivity index (χ0) is 13.1. The van der Waals surface area contributed by atoms with Gasteiger partial charge in [0.2, 0.25) is 10.0 Å². The van der Waals surface area contributed by atoms with Crippen molar-refractivity contribution in [3.63, 3.8) is 0 Å². The number of benzene rings is 1. The number of nitrogens with one attached hydrogen (secondary N) is 1. The molecule has 0 atom stereocenters. The van der Waals surface area contributed by atoms with Crippen molar-refractivity contribution < 1.29 is 22.0 Å². The summed E-state index contributed by atoms with van der Waals surface area (Å²) in [5.74, 6) is 0. The first-order chi connectivity index (χ1) is 7.83. The summed E-state index contributed by atoms with van der Waals surface area (Å²) in [6.07, 6.45) is 0. The van der Waals surface area contributed by atoms with Crippen molar-refractivity contribution >= 4 is 23.5 Å². The van der Waals surface area contributed by atoms with E-state index in [1.807, 2.05) is 4.49 Å². The largest absolute Gasteiger partial charge is 0.418 e. The molecule has 0 spiro atoms. The summed E-state index contributed by atoms with van der Waals surface area (Å²) >= 11 is 0. The van der Waals surface area contributed by atoms with Crippen molar-refractivity contribution in [3.8, 4) is 0 Å². The molecule has 0 aromatic heterocycles. The molecule has 0 saturated carbocycles. The monoisotopic (exact) mass is 280 g/mol.